The second-order valence-corrected chi connectivity index (χ2v) is 8.55. The standard InChI is InChI=1S/C22H33NO5/c1-14(20(24)23-18-13-17(26-5)11-12-19(18)27-6)28-21(25)15-7-9-16(10-8-15)22(2,3)4/h11-16H,7-10H2,1-6H3,(H,23,24). The van der Waals surface area contributed by atoms with E-state index in [0.29, 0.717) is 23.1 Å². The molecule has 1 atom stereocenters. The maximum absolute atomic E-state index is 12.5. The van der Waals surface area contributed by atoms with E-state index in [0.717, 1.165) is 25.7 Å². The van der Waals surface area contributed by atoms with E-state index in [1.807, 2.05) is 0 Å². The number of esters is 1. The molecular formula is C22H33NO5. The van der Waals surface area contributed by atoms with Gasteiger partial charge < -0.3 is 19.5 Å². The summed E-state index contributed by atoms with van der Waals surface area (Å²) in [5.41, 5.74) is 0.734. The van der Waals surface area contributed by atoms with Crippen LogP contribution in [0.4, 0.5) is 5.69 Å². The SMILES string of the molecule is COc1ccc(OC)c(NC(=O)C(C)OC(=O)C2CCC(C(C)(C)C)CC2)c1. The van der Waals surface area contributed by atoms with Gasteiger partial charge in [0.15, 0.2) is 6.10 Å². The van der Waals surface area contributed by atoms with Crippen molar-refractivity contribution < 1.29 is 23.8 Å². The van der Waals surface area contributed by atoms with Gasteiger partial charge in [-0.05, 0) is 56.1 Å². The third-order valence-corrected chi connectivity index (χ3v) is 5.61. The molecule has 28 heavy (non-hydrogen) atoms. The number of methoxy groups -OCH3 is 2. The Morgan fingerprint density at radius 3 is 2.25 bits per heavy atom. The molecule has 0 aliphatic heterocycles. The molecular weight excluding hydrogens is 358 g/mol. The highest BCUT2D eigenvalue weighted by atomic mass is 16.5. The number of nitrogens with one attached hydrogen (secondary N) is 1. The van der Waals surface area contributed by atoms with Crippen LogP contribution in [-0.2, 0) is 14.3 Å². The van der Waals surface area contributed by atoms with Crippen LogP contribution in [0.15, 0.2) is 18.2 Å². The molecule has 6 nitrogen and oxygen atoms in total. The van der Waals surface area contributed by atoms with Gasteiger partial charge in [-0.3, -0.25) is 9.59 Å². The molecule has 0 radical (unpaired) electrons. The number of benzene rings is 1. The van der Waals surface area contributed by atoms with Crippen molar-refractivity contribution in [3.8, 4) is 11.5 Å². The molecule has 1 aromatic rings. The van der Waals surface area contributed by atoms with Crippen LogP contribution >= 0.6 is 0 Å². The molecule has 1 saturated carbocycles. The Morgan fingerprint density at radius 2 is 1.71 bits per heavy atom. The normalized spacial score (nSPS) is 20.8. The summed E-state index contributed by atoms with van der Waals surface area (Å²) in [5.74, 6) is 0.915. The number of amides is 1. The minimum Gasteiger partial charge on any atom is -0.497 e. The molecule has 0 bridgehead atoms. The molecule has 1 aromatic carbocycles. The maximum atomic E-state index is 12.5. The first kappa shape index (κ1) is 22.1. The van der Waals surface area contributed by atoms with Crippen LogP contribution < -0.4 is 14.8 Å². The summed E-state index contributed by atoms with van der Waals surface area (Å²) in [5, 5.41) is 2.75. The molecule has 1 amide bonds. The van der Waals surface area contributed by atoms with Crippen LogP contribution in [0.5, 0.6) is 11.5 Å². The van der Waals surface area contributed by atoms with Gasteiger partial charge >= 0.3 is 5.97 Å². The van der Waals surface area contributed by atoms with Crippen molar-refractivity contribution in [2.75, 3.05) is 19.5 Å². The van der Waals surface area contributed by atoms with Gasteiger partial charge in [0, 0.05) is 6.07 Å². The van der Waals surface area contributed by atoms with Gasteiger partial charge in [-0.15, -0.1) is 0 Å². The number of hydrogen-bond acceptors (Lipinski definition) is 5. The summed E-state index contributed by atoms with van der Waals surface area (Å²) < 4.78 is 15.9. The fourth-order valence-corrected chi connectivity index (χ4v) is 3.67. The Hall–Kier alpha value is -2.24. The lowest BCUT2D eigenvalue weighted by molar-refractivity contribution is -0.158. The molecule has 1 fully saturated rings. The molecule has 1 aliphatic rings. The van der Waals surface area contributed by atoms with E-state index in [9.17, 15) is 9.59 Å². The Labute approximate surface area is 167 Å². The molecule has 0 saturated heterocycles. The zero-order valence-corrected chi connectivity index (χ0v) is 17.8. The average Bonchev–Trinajstić information content (AvgIpc) is 2.67. The summed E-state index contributed by atoms with van der Waals surface area (Å²) >= 11 is 0. The van der Waals surface area contributed by atoms with Gasteiger partial charge in [0.25, 0.3) is 5.91 Å². The molecule has 1 unspecified atom stereocenters. The number of rotatable bonds is 6. The number of ether oxygens (including phenoxy) is 3. The average molecular weight is 392 g/mol. The van der Waals surface area contributed by atoms with Gasteiger partial charge in [0.2, 0.25) is 0 Å². The third kappa shape index (κ3) is 5.63. The first-order chi connectivity index (χ1) is 13.2. The van der Waals surface area contributed by atoms with E-state index < -0.39 is 12.0 Å². The molecule has 156 valence electrons. The quantitative estimate of drug-likeness (QED) is 0.726. The zero-order valence-electron chi connectivity index (χ0n) is 17.8. The summed E-state index contributed by atoms with van der Waals surface area (Å²) in [6.45, 7) is 8.32. The molecule has 2 rings (SSSR count). The number of carbonyl (C=O) groups excluding carboxylic acids is 2. The predicted molar refractivity (Wildman–Crippen MR) is 109 cm³/mol. The van der Waals surface area contributed by atoms with Gasteiger partial charge in [-0.2, -0.15) is 0 Å². The Bertz CT molecular complexity index is 687. The monoisotopic (exact) mass is 391 g/mol. The van der Waals surface area contributed by atoms with E-state index in [2.05, 4.69) is 26.1 Å². The fraction of sp³-hybridized carbons (Fsp3) is 0.636. The highest BCUT2D eigenvalue weighted by Crippen LogP contribution is 2.40. The molecule has 1 aliphatic carbocycles. The highest BCUT2D eigenvalue weighted by Gasteiger charge is 2.34. The smallest absolute Gasteiger partial charge is 0.309 e. The number of hydrogen-bond donors (Lipinski definition) is 1. The van der Waals surface area contributed by atoms with Crippen LogP contribution in [0.2, 0.25) is 0 Å². The Balaban J connectivity index is 1.91. The minimum atomic E-state index is -0.885. The van der Waals surface area contributed by atoms with E-state index in [-0.39, 0.29) is 17.3 Å². The number of carbonyl (C=O) groups is 2. The van der Waals surface area contributed by atoms with Crippen molar-refractivity contribution in [1.82, 2.24) is 0 Å². The fourth-order valence-electron chi connectivity index (χ4n) is 3.67. The van der Waals surface area contributed by atoms with Crippen molar-refractivity contribution in [2.45, 2.75) is 59.5 Å². The van der Waals surface area contributed by atoms with E-state index >= 15 is 0 Å². The van der Waals surface area contributed by atoms with Crippen molar-refractivity contribution in [3.63, 3.8) is 0 Å². The van der Waals surface area contributed by atoms with Crippen LogP contribution in [0.1, 0.15) is 53.4 Å². The van der Waals surface area contributed by atoms with Gasteiger partial charge in [0.1, 0.15) is 11.5 Å². The lowest BCUT2D eigenvalue weighted by Crippen LogP contribution is -2.34. The predicted octanol–water partition coefficient (Wildman–Crippen LogP) is 4.43. The Morgan fingerprint density at radius 1 is 1.07 bits per heavy atom. The molecule has 1 N–H and O–H groups in total. The van der Waals surface area contributed by atoms with E-state index in [1.165, 1.54) is 7.11 Å². The number of anilines is 1. The second-order valence-electron chi connectivity index (χ2n) is 8.55. The zero-order chi connectivity index (χ0) is 20.9. The topological polar surface area (TPSA) is 73.9 Å². The largest absolute Gasteiger partial charge is 0.497 e. The van der Waals surface area contributed by atoms with Crippen LogP contribution in [0, 0.1) is 17.3 Å². The van der Waals surface area contributed by atoms with Gasteiger partial charge in [0.05, 0.1) is 25.8 Å². The van der Waals surface area contributed by atoms with E-state index in [1.54, 1.807) is 32.2 Å². The van der Waals surface area contributed by atoms with Crippen molar-refractivity contribution >= 4 is 17.6 Å². The van der Waals surface area contributed by atoms with Crippen LogP contribution in [0.3, 0.4) is 0 Å². The maximum Gasteiger partial charge on any atom is 0.309 e. The lowest BCUT2D eigenvalue weighted by Gasteiger charge is -2.36. The second kappa shape index (κ2) is 9.30. The minimum absolute atomic E-state index is 0.125. The van der Waals surface area contributed by atoms with Crippen molar-refractivity contribution in [3.05, 3.63) is 18.2 Å². The summed E-state index contributed by atoms with van der Waals surface area (Å²) in [6, 6.07) is 5.11. The van der Waals surface area contributed by atoms with Gasteiger partial charge in [-0.25, -0.2) is 0 Å². The van der Waals surface area contributed by atoms with Crippen molar-refractivity contribution in [2.24, 2.45) is 17.3 Å². The summed E-state index contributed by atoms with van der Waals surface area (Å²) in [4.78, 5) is 25.0. The summed E-state index contributed by atoms with van der Waals surface area (Å²) in [6.07, 6.45) is 2.79. The van der Waals surface area contributed by atoms with Crippen molar-refractivity contribution in [1.29, 1.82) is 0 Å². The highest BCUT2D eigenvalue weighted by molar-refractivity contribution is 5.96. The molecule has 6 heteroatoms. The first-order valence-corrected chi connectivity index (χ1v) is 9.89. The third-order valence-electron chi connectivity index (χ3n) is 5.61. The van der Waals surface area contributed by atoms with E-state index in [4.69, 9.17) is 14.2 Å². The van der Waals surface area contributed by atoms with Gasteiger partial charge in [-0.1, -0.05) is 20.8 Å². The Kier molecular flexibility index (Phi) is 7.33. The van der Waals surface area contributed by atoms with Crippen LogP contribution in [-0.4, -0.2) is 32.2 Å². The summed E-state index contributed by atoms with van der Waals surface area (Å²) in [7, 11) is 3.07. The molecule has 0 spiro atoms. The van der Waals surface area contributed by atoms with Crippen LogP contribution in [0.25, 0.3) is 0 Å². The lowest BCUT2D eigenvalue weighted by atomic mass is 9.70. The molecule has 0 heterocycles. The molecule has 0 aromatic heterocycles. The first-order valence-electron chi connectivity index (χ1n) is 9.89.